The van der Waals surface area contributed by atoms with Crippen LogP contribution in [-0.2, 0) is 19.0 Å². The lowest BCUT2D eigenvalue weighted by atomic mass is 9.59. The van der Waals surface area contributed by atoms with Gasteiger partial charge in [0.2, 0.25) is 28.8 Å². The summed E-state index contributed by atoms with van der Waals surface area (Å²) in [5.41, 5.74) is 1.46. The van der Waals surface area contributed by atoms with Gasteiger partial charge < -0.3 is 33.2 Å². The Bertz CT molecular complexity index is 1010. The third-order valence-corrected chi connectivity index (χ3v) is 7.07. The Morgan fingerprint density at radius 2 is 1.59 bits per heavy atom. The van der Waals surface area contributed by atoms with Crippen molar-refractivity contribution in [1.82, 2.24) is 0 Å². The lowest BCUT2D eigenvalue weighted by Gasteiger charge is -2.54. The number of hydrogen-bond acceptors (Lipinski definition) is 8. The number of ether oxygens (including phenoxy) is 7. The molecule has 1 aliphatic heterocycles. The Labute approximate surface area is 188 Å². The number of ketones is 1. The second-order valence-corrected chi connectivity index (χ2v) is 8.28. The molecule has 0 N–H and O–H groups in total. The van der Waals surface area contributed by atoms with E-state index in [1.165, 1.54) is 21.3 Å². The van der Waals surface area contributed by atoms with Crippen LogP contribution in [0.15, 0.2) is 29.2 Å². The molecule has 5 unspecified atom stereocenters. The fraction of sp³-hybridized carbons (Fsp3) is 0.542. The summed E-state index contributed by atoms with van der Waals surface area (Å²) in [6, 6.07) is 1.90. The van der Waals surface area contributed by atoms with Gasteiger partial charge in [0.1, 0.15) is 0 Å². The zero-order valence-electron chi connectivity index (χ0n) is 19.7. The van der Waals surface area contributed by atoms with Crippen LogP contribution in [0, 0.1) is 17.8 Å². The monoisotopic (exact) mass is 446 g/mol. The highest BCUT2D eigenvalue weighted by molar-refractivity contribution is 6.09. The molecule has 0 spiro atoms. The number of methoxy groups -OCH3 is 6. The quantitative estimate of drug-likeness (QED) is 0.657. The molecule has 8 nitrogen and oxygen atoms in total. The maximum atomic E-state index is 13.4. The Morgan fingerprint density at radius 1 is 0.906 bits per heavy atom. The van der Waals surface area contributed by atoms with Gasteiger partial charge in [-0.3, -0.25) is 4.79 Å². The lowest BCUT2D eigenvalue weighted by molar-refractivity contribution is -0.213. The van der Waals surface area contributed by atoms with Crippen LogP contribution >= 0.6 is 0 Å². The third-order valence-electron chi connectivity index (χ3n) is 7.07. The zero-order chi connectivity index (χ0) is 23.4. The van der Waals surface area contributed by atoms with Crippen LogP contribution in [0.4, 0.5) is 0 Å². The summed E-state index contributed by atoms with van der Waals surface area (Å²) in [5.74, 6) is 0.100. The number of fused-ring (bicyclic) bond motifs is 2. The number of Topliss-reactive ketones (excluding diaryl/α,β-unsaturated/α-hetero) is 1. The van der Waals surface area contributed by atoms with E-state index in [-0.39, 0.29) is 35.1 Å². The summed E-state index contributed by atoms with van der Waals surface area (Å²) < 4.78 is 40.8. The summed E-state index contributed by atoms with van der Waals surface area (Å²) in [7, 11) is 9.12. The highest BCUT2D eigenvalue weighted by Crippen LogP contribution is 2.63. The molecular formula is C24H30O8. The van der Waals surface area contributed by atoms with Crippen molar-refractivity contribution in [3.8, 4) is 23.0 Å². The van der Waals surface area contributed by atoms with E-state index in [0.29, 0.717) is 28.6 Å². The first-order chi connectivity index (χ1) is 15.3. The van der Waals surface area contributed by atoms with Crippen LogP contribution in [0.2, 0.25) is 0 Å². The molecule has 0 bridgehead atoms. The molecule has 0 aromatic heterocycles. The molecule has 0 radical (unpaired) electrons. The average Bonchev–Trinajstić information content (AvgIpc) is 2.81. The number of carbonyl (C=O) groups excluding carboxylic acids is 1. The average molecular weight is 446 g/mol. The van der Waals surface area contributed by atoms with Crippen LogP contribution in [0.3, 0.4) is 0 Å². The summed E-state index contributed by atoms with van der Waals surface area (Å²) in [5, 5.41) is 0. The van der Waals surface area contributed by atoms with Gasteiger partial charge in [0.25, 0.3) is 5.79 Å². The standard InChI is InChI=1S/C24H30O8/c1-11-9-14-17-16(12(11)2)13-10-15(26-3)20(27-4)22(29-6)19(13)32-24(17,31-8)23(30-7)21(28-5)18(14)25/h9-12,16-17H,1-8H3. The number of allylic oxidation sites excluding steroid dienone is 2. The summed E-state index contributed by atoms with van der Waals surface area (Å²) >= 11 is 0. The molecule has 4 rings (SSSR count). The molecule has 0 amide bonds. The summed E-state index contributed by atoms with van der Waals surface area (Å²) in [6.45, 7) is 4.26. The molecule has 1 aromatic rings. The number of hydrogen-bond donors (Lipinski definition) is 0. The van der Waals surface area contributed by atoms with E-state index in [1.807, 2.05) is 12.1 Å². The SMILES string of the molecule is COC1=C(OC)C2(OC)Oc3c(cc(OC)c(OC)c3OC)C3C(C)C(C)C=C(C1=O)C32. The molecule has 0 saturated carbocycles. The number of benzene rings is 1. The van der Waals surface area contributed by atoms with Crippen molar-refractivity contribution in [1.29, 1.82) is 0 Å². The van der Waals surface area contributed by atoms with E-state index >= 15 is 0 Å². The Balaban J connectivity index is 2.12. The van der Waals surface area contributed by atoms with Crippen molar-refractivity contribution in [3.05, 3.63) is 34.8 Å². The summed E-state index contributed by atoms with van der Waals surface area (Å²) in [6.07, 6.45) is 2.00. The smallest absolute Gasteiger partial charge is 0.280 e. The largest absolute Gasteiger partial charge is 0.493 e. The number of rotatable bonds is 6. The molecule has 1 aromatic carbocycles. The first kappa shape index (κ1) is 22.3. The van der Waals surface area contributed by atoms with Crippen molar-refractivity contribution in [3.63, 3.8) is 0 Å². The molecule has 8 heteroatoms. The van der Waals surface area contributed by atoms with Gasteiger partial charge in [-0.15, -0.1) is 0 Å². The maximum absolute atomic E-state index is 13.4. The molecule has 32 heavy (non-hydrogen) atoms. The van der Waals surface area contributed by atoms with Crippen molar-refractivity contribution in [2.75, 3.05) is 42.7 Å². The molecule has 1 heterocycles. The van der Waals surface area contributed by atoms with Gasteiger partial charge in [0.05, 0.1) is 41.5 Å². The zero-order valence-corrected chi connectivity index (χ0v) is 19.7. The van der Waals surface area contributed by atoms with E-state index in [4.69, 9.17) is 33.2 Å². The fourth-order valence-electron chi connectivity index (χ4n) is 5.46. The van der Waals surface area contributed by atoms with Crippen LogP contribution in [0.5, 0.6) is 23.0 Å². The van der Waals surface area contributed by atoms with Crippen LogP contribution < -0.4 is 18.9 Å². The first-order valence-corrected chi connectivity index (χ1v) is 10.5. The molecule has 0 saturated heterocycles. The van der Waals surface area contributed by atoms with E-state index in [0.717, 1.165) is 5.56 Å². The normalized spacial score (nSPS) is 30.5. The minimum atomic E-state index is -1.42. The van der Waals surface area contributed by atoms with Crippen molar-refractivity contribution < 1.29 is 38.0 Å². The van der Waals surface area contributed by atoms with Gasteiger partial charge in [-0.2, -0.15) is 0 Å². The lowest BCUT2D eigenvalue weighted by Crippen LogP contribution is -2.59. The Hall–Kier alpha value is -2.87. The minimum Gasteiger partial charge on any atom is -0.493 e. The van der Waals surface area contributed by atoms with Gasteiger partial charge in [-0.25, -0.2) is 0 Å². The third kappa shape index (κ3) is 2.68. The van der Waals surface area contributed by atoms with Gasteiger partial charge in [0, 0.05) is 24.2 Å². The van der Waals surface area contributed by atoms with E-state index in [2.05, 4.69) is 13.8 Å². The highest BCUT2D eigenvalue weighted by atomic mass is 16.7. The molecule has 5 atom stereocenters. The van der Waals surface area contributed by atoms with Crippen molar-refractivity contribution >= 4 is 5.78 Å². The Morgan fingerprint density at radius 3 is 2.12 bits per heavy atom. The van der Waals surface area contributed by atoms with Gasteiger partial charge in [0.15, 0.2) is 11.5 Å². The van der Waals surface area contributed by atoms with Crippen LogP contribution in [0.1, 0.15) is 25.3 Å². The van der Waals surface area contributed by atoms with Crippen molar-refractivity contribution in [2.45, 2.75) is 25.6 Å². The van der Waals surface area contributed by atoms with E-state index in [9.17, 15) is 4.79 Å². The van der Waals surface area contributed by atoms with Crippen LogP contribution in [0.25, 0.3) is 0 Å². The van der Waals surface area contributed by atoms with Crippen molar-refractivity contribution in [2.24, 2.45) is 17.8 Å². The fourth-order valence-corrected chi connectivity index (χ4v) is 5.46. The molecule has 3 aliphatic rings. The number of carbonyl (C=O) groups is 1. The molecule has 2 aliphatic carbocycles. The maximum Gasteiger partial charge on any atom is 0.280 e. The molecule has 0 fully saturated rings. The van der Waals surface area contributed by atoms with E-state index in [1.54, 1.807) is 21.3 Å². The molecule has 174 valence electrons. The predicted octanol–water partition coefficient (Wildman–Crippen LogP) is 3.45. The molecular weight excluding hydrogens is 416 g/mol. The first-order valence-electron chi connectivity index (χ1n) is 10.5. The topological polar surface area (TPSA) is 81.7 Å². The van der Waals surface area contributed by atoms with Gasteiger partial charge in [-0.1, -0.05) is 19.9 Å². The van der Waals surface area contributed by atoms with Gasteiger partial charge >= 0.3 is 0 Å². The predicted molar refractivity (Wildman–Crippen MR) is 115 cm³/mol. The second kappa shape index (κ2) is 7.92. The Kier molecular flexibility index (Phi) is 5.53. The van der Waals surface area contributed by atoms with Crippen LogP contribution in [-0.4, -0.2) is 54.2 Å². The summed E-state index contributed by atoms with van der Waals surface area (Å²) in [4.78, 5) is 13.4. The highest BCUT2D eigenvalue weighted by Gasteiger charge is 2.64. The van der Waals surface area contributed by atoms with E-state index < -0.39 is 11.7 Å². The second-order valence-electron chi connectivity index (χ2n) is 8.28. The van der Waals surface area contributed by atoms with Gasteiger partial charge in [-0.05, 0) is 17.9 Å². The minimum absolute atomic E-state index is 0.0697.